The second kappa shape index (κ2) is 8.59. The number of hydrogen-bond acceptors (Lipinski definition) is 3. The molecule has 0 aliphatic rings. The fraction of sp³-hybridized carbons (Fsp3) is 0.562. The van der Waals surface area contributed by atoms with Crippen molar-refractivity contribution < 1.29 is 14.6 Å². The lowest BCUT2D eigenvalue weighted by Gasteiger charge is -2.10. The molecule has 0 bridgehead atoms. The molecule has 0 heterocycles. The molecule has 0 aliphatic heterocycles. The van der Waals surface area contributed by atoms with Gasteiger partial charge in [0.2, 0.25) is 0 Å². The van der Waals surface area contributed by atoms with Crippen LogP contribution in [-0.2, 0) is 4.79 Å². The van der Waals surface area contributed by atoms with E-state index < -0.39 is 0 Å². The van der Waals surface area contributed by atoms with Gasteiger partial charge in [-0.3, -0.25) is 4.79 Å². The maximum absolute atomic E-state index is 11.6. The molecule has 2 N–H and O–H groups in total. The normalized spacial score (nSPS) is 12.2. The number of nitrogens with one attached hydrogen (secondary N) is 1. The standard InChI is InChI=1S/C16H25NO3/c1-12(2)14-7-4-8-15(10-14)20-11-16(19)17-9-5-6-13(3)18/h4,7-8,10,12-13,18H,5-6,9,11H2,1-3H3,(H,17,19). The molecule has 0 aromatic heterocycles. The maximum atomic E-state index is 11.6. The van der Waals surface area contributed by atoms with E-state index in [9.17, 15) is 4.79 Å². The highest BCUT2D eigenvalue weighted by molar-refractivity contribution is 5.77. The summed E-state index contributed by atoms with van der Waals surface area (Å²) >= 11 is 0. The minimum atomic E-state index is -0.318. The molecule has 1 atom stereocenters. The number of ether oxygens (including phenoxy) is 1. The van der Waals surface area contributed by atoms with Crippen molar-refractivity contribution in [2.45, 2.75) is 45.6 Å². The molecule has 1 unspecified atom stereocenters. The minimum absolute atomic E-state index is 0.0240. The van der Waals surface area contributed by atoms with Gasteiger partial charge in [0.1, 0.15) is 5.75 Å². The molecule has 1 aromatic rings. The summed E-state index contributed by atoms with van der Waals surface area (Å²) < 4.78 is 5.48. The zero-order valence-corrected chi connectivity index (χ0v) is 12.6. The summed E-state index contributed by atoms with van der Waals surface area (Å²) in [6.07, 6.45) is 1.14. The van der Waals surface area contributed by atoms with Crippen LogP contribution in [0.3, 0.4) is 0 Å². The van der Waals surface area contributed by atoms with Crippen molar-refractivity contribution in [2.75, 3.05) is 13.2 Å². The Morgan fingerprint density at radius 3 is 2.75 bits per heavy atom. The van der Waals surface area contributed by atoms with Gasteiger partial charge in [-0.1, -0.05) is 26.0 Å². The Hall–Kier alpha value is -1.55. The molecule has 1 aromatic carbocycles. The van der Waals surface area contributed by atoms with Crippen LogP contribution in [0.15, 0.2) is 24.3 Å². The Morgan fingerprint density at radius 1 is 1.35 bits per heavy atom. The maximum Gasteiger partial charge on any atom is 0.257 e. The molecule has 0 saturated carbocycles. The van der Waals surface area contributed by atoms with E-state index in [1.165, 1.54) is 5.56 Å². The topological polar surface area (TPSA) is 58.6 Å². The summed E-state index contributed by atoms with van der Waals surface area (Å²) in [5, 5.41) is 11.9. The van der Waals surface area contributed by atoms with Crippen LogP contribution in [0.1, 0.15) is 45.1 Å². The molecular formula is C16H25NO3. The van der Waals surface area contributed by atoms with E-state index in [0.717, 1.165) is 12.2 Å². The van der Waals surface area contributed by atoms with E-state index in [2.05, 4.69) is 19.2 Å². The molecule has 0 radical (unpaired) electrons. The Labute approximate surface area is 121 Å². The lowest BCUT2D eigenvalue weighted by Crippen LogP contribution is -2.30. The van der Waals surface area contributed by atoms with Gasteiger partial charge in [0, 0.05) is 6.54 Å². The van der Waals surface area contributed by atoms with Crippen LogP contribution in [0.5, 0.6) is 5.75 Å². The number of benzene rings is 1. The van der Waals surface area contributed by atoms with E-state index in [1.54, 1.807) is 6.92 Å². The number of aliphatic hydroxyl groups is 1. The number of aliphatic hydroxyl groups excluding tert-OH is 1. The van der Waals surface area contributed by atoms with Crippen LogP contribution < -0.4 is 10.1 Å². The first-order chi connectivity index (χ1) is 9.49. The number of carbonyl (C=O) groups excluding carboxylic acids is 1. The SMILES string of the molecule is CC(O)CCCNC(=O)COc1cccc(C(C)C)c1. The highest BCUT2D eigenvalue weighted by atomic mass is 16.5. The highest BCUT2D eigenvalue weighted by Crippen LogP contribution is 2.19. The second-order valence-electron chi connectivity index (χ2n) is 5.36. The molecule has 4 nitrogen and oxygen atoms in total. The second-order valence-corrected chi connectivity index (χ2v) is 5.36. The average Bonchev–Trinajstić information content (AvgIpc) is 2.41. The molecule has 112 valence electrons. The number of hydrogen-bond donors (Lipinski definition) is 2. The van der Waals surface area contributed by atoms with Crippen LogP contribution in [-0.4, -0.2) is 30.3 Å². The van der Waals surface area contributed by atoms with E-state index in [-0.39, 0.29) is 18.6 Å². The Balaban J connectivity index is 2.28. The quantitative estimate of drug-likeness (QED) is 0.719. The van der Waals surface area contributed by atoms with Gasteiger partial charge in [-0.05, 0) is 43.4 Å². The third kappa shape index (κ3) is 6.57. The van der Waals surface area contributed by atoms with Gasteiger partial charge in [-0.25, -0.2) is 0 Å². The summed E-state index contributed by atoms with van der Waals surface area (Å²) in [5.41, 5.74) is 1.19. The first-order valence-corrected chi connectivity index (χ1v) is 7.16. The van der Waals surface area contributed by atoms with E-state index in [1.807, 2.05) is 24.3 Å². The van der Waals surface area contributed by atoms with Gasteiger partial charge >= 0.3 is 0 Å². The fourth-order valence-corrected chi connectivity index (χ4v) is 1.79. The van der Waals surface area contributed by atoms with Crippen molar-refractivity contribution in [2.24, 2.45) is 0 Å². The summed E-state index contributed by atoms with van der Waals surface area (Å²) in [4.78, 5) is 11.6. The van der Waals surface area contributed by atoms with Gasteiger partial charge in [0.25, 0.3) is 5.91 Å². The lowest BCUT2D eigenvalue weighted by atomic mass is 10.0. The molecule has 1 rings (SSSR count). The molecule has 20 heavy (non-hydrogen) atoms. The minimum Gasteiger partial charge on any atom is -0.484 e. The van der Waals surface area contributed by atoms with E-state index >= 15 is 0 Å². The molecule has 0 aliphatic carbocycles. The third-order valence-electron chi connectivity index (χ3n) is 3.02. The number of rotatable bonds is 8. The first-order valence-electron chi connectivity index (χ1n) is 7.16. The van der Waals surface area contributed by atoms with E-state index in [4.69, 9.17) is 9.84 Å². The average molecular weight is 279 g/mol. The monoisotopic (exact) mass is 279 g/mol. The molecule has 0 spiro atoms. The lowest BCUT2D eigenvalue weighted by molar-refractivity contribution is -0.123. The van der Waals surface area contributed by atoms with Gasteiger partial charge < -0.3 is 15.2 Å². The molecule has 0 fully saturated rings. The summed E-state index contributed by atoms with van der Waals surface area (Å²) in [6, 6.07) is 7.80. The third-order valence-corrected chi connectivity index (χ3v) is 3.02. The van der Waals surface area contributed by atoms with Crippen LogP contribution in [0.4, 0.5) is 0 Å². The van der Waals surface area contributed by atoms with Crippen molar-refractivity contribution in [3.8, 4) is 5.75 Å². The Kier molecular flexibility index (Phi) is 7.09. The zero-order valence-electron chi connectivity index (χ0n) is 12.6. The van der Waals surface area contributed by atoms with Crippen molar-refractivity contribution in [1.82, 2.24) is 5.32 Å². The Morgan fingerprint density at radius 2 is 2.10 bits per heavy atom. The van der Waals surface area contributed by atoms with E-state index in [0.29, 0.717) is 18.9 Å². The first kappa shape index (κ1) is 16.5. The number of amides is 1. The van der Waals surface area contributed by atoms with Gasteiger partial charge in [0.05, 0.1) is 6.10 Å². The van der Waals surface area contributed by atoms with Gasteiger partial charge in [0.15, 0.2) is 6.61 Å². The van der Waals surface area contributed by atoms with Crippen molar-refractivity contribution >= 4 is 5.91 Å². The molecular weight excluding hydrogens is 254 g/mol. The van der Waals surface area contributed by atoms with Crippen LogP contribution in [0.2, 0.25) is 0 Å². The van der Waals surface area contributed by atoms with Crippen LogP contribution in [0.25, 0.3) is 0 Å². The fourth-order valence-electron chi connectivity index (χ4n) is 1.79. The van der Waals surface area contributed by atoms with Crippen LogP contribution >= 0.6 is 0 Å². The highest BCUT2D eigenvalue weighted by Gasteiger charge is 2.05. The van der Waals surface area contributed by atoms with Crippen molar-refractivity contribution in [1.29, 1.82) is 0 Å². The molecule has 4 heteroatoms. The van der Waals surface area contributed by atoms with Crippen molar-refractivity contribution in [3.63, 3.8) is 0 Å². The molecule has 0 saturated heterocycles. The van der Waals surface area contributed by atoms with Crippen LogP contribution in [0, 0.1) is 0 Å². The predicted molar refractivity (Wildman–Crippen MR) is 80.0 cm³/mol. The summed E-state index contributed by atoms with van der Waals surface area (Å²) in [6.45, 7) is 6.57. The zero-order chi connectivity index (χ0) is 15.0. The smallest absolute Gasteiger partial charge is 0.257 e. The largest absolute Gasteiger partial charge is 0.484 e. The number of carbonyl (C=O) groups is 1. The Bertz CT molecular complexity index is 416. The summed E-state index contributed by atoms with van der Waals surface area (Å²) in [5.74, 6) is 1.02. The van der Waals surface area contributed by atoms with Gasteiger partial charge in [-0.2, -0.15) is 0 Å². The summed E-state index contributed by atoms with van der Waals surface area (Å²) in [7, 11) is 0. The molecule has 1 amide bonds. The van der Waals surface area contributed by atoms with Gasteiger partial charge in [-0.15, -0.1) is 0 Å². The van der Waals surface area contributed by atoms with Crippen molar-refractivity contribution in [3.05, 3.63) is 29.8 Å². The predicted octanol–water partition coefficient (Wildman–Crippen LogP) is 2.47.